The summed E-state index contributed by atoms with van der Waals surface area (Å²) >= 11 is 0. The lowest BCUT2D eigenvalue weighted by atomic mass is 9.79. The van der Waals surface area contributed by atoms with Gasteiger partial charge in [-0.05, 0) is 25.0 Å². The quantitative estimate of drug-likeness (QED) is 0.762. The van der Waals surface area contributed by atoms with Crippen LogP contribution in [-0.4, -0.2) is 39.3 Å². The molecule has 0 unspecified atom stereocenters. The monoisotopic (exact) mass is 352 g/mol. The first kappa shape index (κ1) is 15.9. The third-order valence-electron chi connectivity index (χ3n) is 4.77. The molecule has 0 N–H and O–H groups in total. The van der Waals surface area contributed by atoms with Crippen molar-refractivity contribution in [3.63, 3.8) is 0 Å². The van der Waals surface area contributed by atoms with Gasteiger partial charge >= 0.3 is 10.1 Å². The van der Waals surface area contributed by atoms with E-state index in [0.29, 0.717) is 56.0 Å². The van der Waals surface area contributed by atoms with E-state index < -0.39 is 21.5 Å². The van der Waals surface area contributed by atoms with Crippen molar-refractivity contribution in [2.24, 2.45) is 0 Å². The molecule has 0 amide bonds. The van der Waals surface area contributed by atoms with E-state index in [1.54, 1.807) is 12.1 Å². The minimum Gasteiger partial charge on any atom is -0.482 e. The average molecular weight is 352 g/mol. The number of hydrogen-bond acceptors (Lipinski definition) is 6. The Labute approximate surface area is 141 Å². The first-order valence-corrected chi connectivity index (χ1v) is 9.89. The van der Waals surface area contributed by atoms with Crippen LogP contribution in [0.15, 0.2) is 30.3 Å². The molecule has 1 aromatic rings. The Bertz CT molecular complexity index is 766. The standard InChI is InChI=1S/C17H20O6S/c1-24(18,19)23-15-12-16(22-14-5-3-2-4-13(14)15)6-8-17(9-7-16)20-10-11-21-17/h2-5,12H,6-11H2,1H3. The number of rotatable bonds is 2. The number of benzene rings is 1. The molecule has 2 heterocycles. The summed E-state index contributed by atoms with van der Waals surface area (Å²) < 4.78 is 46.3. The maximum Gasteiger partial charge on any atom is 0.306 e. The maximum atomic E-state index is 11.6. The average Bonchev–Trinajstić information content (AvgIpc) is 2.98. The predicted octanol–water partition coefficient (Wildman–Crippen LogP) is 2.45. The summed E-state index contributed by atoms with van der Waals surface area (Å²) in [5.41, 5.74) is 0.0665. The van der Waals surface area contributed by atoms with Crippen LogP contribution in [0.25, 0.3) is 5.76 Å². The van der Waals surface area contributed by atoms with Crippen molar-refractivity contribution in [1.82, 2.24) is 0 Å². The van der Waals surface area contributed by atoms with Crippen LogP contribution in [0.2, 0.25) is 0 Å². The van der Waals surface area contributed by atoms with Crippen molar-refractivity contribution < 1.29 is 26.8 Å². The highest BCUT2D eigenvalue weighted by Crippen LogP contribution is 2.47. The smallest absolute Gasteiger partial charge is 0.306 e. The van der Waals surface area contributed by atoms with Gasteiger partial charge in [-0.2, -0.15) is 8.42 Å². The van der Waals surface area contributed by atoms with E-state index in [1.165, 1.54) is 0 Å². The van der Waals surface area contributed by atoms with E-state index in [0.717, 1.165) is 6.26 Å². The van der Waals surface area contributed by atoms with Crippen molar-refractivity contribution in [3.8, 4) is 5.75 Å². The van der Waals surface area contributed by atoms with Gasteiger partial charge in [0.2, 0.25) is 0 Å². The molecule has 0 aromatic heterocycles. The van der Waals surface area contributed by atoms with Crippen molar-refractivity contribution >= 4 is 15.9 Å². The van der Waals surface area contributed by atoms with Gasteiger partial charge in [-0.15, -0.1) is 0 Å². The fourth-order valence-electron chi connectivity index (χ4n) is 3.64. The van der Waals surface area contributed by atoms with Gasteiger partial charge in [0.15, 0.2) is 11.5 Å². The summed E-state index contributed by atoms with van der Waals surface area (Å²) in [6.07, 6.45) is 5.62. The Balaban J connectivity index is 1.66. The minimum absolute atomic E-state index is 0.337. The van der Waals surface area contributed by atoms with Crippen LogP contribution >= 0.6 is 0 Å². The van der Waals surface area contributed by atoms with Crippen LogP contribution in [0.3, 0.4) is 0 Å². The lowest BCUT2D eigenvalue weighted by Gasteiger charge is -2.44. The number of hydrogen-bond donors (Lipinski definition) is 0. The zero-order valence-corrected chi connectivity index (χ0v) is 14.3. The predicted molar refractivity (Wildman–Crippen MR) is 86.8 cm³/mol. The molecule has 1 saturated heterocycles. The molecule has 2 fully saturated rings. The lowest BCUT2D eigenvalue weighted by molar-refractivity contribution is -0.193. The Morgan fingerprint density at radius 2 is 1.71 bits per heavy atom. The number of fused-ring (bicyclic) bond motifs is 1. The largest absolute Gasteiger partial charge is 0.482 e. The SMILES string of the molecule is CS(=O)(=O)OC1=CC2(CCC3(CC2)OCCO3)Oc2ccccc21. The molecule has 7 heteroatoms. The van der Waals surface area contributed by atoms with Crippen LogP contribution in [0.4, 0.5) is 0 Å². The summed E-state index contributed by atoms with van der Waals surface area (Å²) in [5, 5.41) is 0. The zero-order valence-electron chi connectivity index (χ0n) is 13.5. The second-order valence-electron chi connectivity index (χ2n) is 6.57. The van der Waals surface area contributed by atoms with Gasteiger partial charge in [-0.25, -0.2) is 0 Å². The van der Waals surface area contributed by atoms with Gasteiger partial charge in [0.25, 0.3) is 0 Å². The Morgan fingerprint density at radius 1 is 1.04 bits per heavy atom. The Kier molecular flexibility index (Phi) is 3.63. The second kappa shape index (κ2) is 5.47. The summed E-state index contributed by atoms with van der Waals surface area (Å²) in [5.74, 6) is 0.475. The summed E-state index contributed by atoms with van der Waals surface area (Å²) in [6.45, 7) is 1.24. The Morgan fingerprint density at radius 3 is 2.38 bits per heavy atom. The molecular formula is C17H20O6S. The molecule has 1 aromatic carbocycles. The fraction of sp³-hybridized carbons (Fsp3) is 0.529. The summed E-state index contributed by atoms with van der Waals surface area (Å²) in [4.78, 5) is 0. The van der Waals surface area contributed by atoms with E-state index >= 15 is 0 Å². The fourth-order valence-corrected chi connectivity index (χ4v) is 4.11. The molecule has 2 aliphatic heterocycles. The number of para-hydroxylation sites is 1. The molecule has 24 heavy (non-hydrogen) atoms. The molecule has 1 aliphatic carbocycles. The molecular weight excluding hydrogens is 332 g/mol. The van der Waals surface area contributed by atoms with Gasteiger partial charge in [0.05, 0.1) is 25.0 Å². The van der Waals surface area contributed by atoms with Crippen LogP contribution in [0, 0.1) is 0 Å². The maximum absolute atomic E-state index is 11.6. The van der Waals surface area contributed by atoms with E-state index in [9.17, 15) is 8.42 Å². The highest BCUT2D eigenvalue weighted by Gasteiger charge is 2.48. The van der Waals surface area contributed by atoms with Crippen LogP contribution in [-0.2, 0) is 23.8 Å². The van der Waals surface area contributed by atoms with Gasteiger partial charge < -0.3 is 18.4 Å². The van der Waals surface area contributed by atoms with Gasteiger partial charge in [-0.3, -0.25) is 0 Å². The van der Waals surface area contributed by atoms with Crippen molar-refractivity contribution in [3.05, 3.63) is 35.9 Å². The van der Waals surface area contributed by atoms with E-state index in [1.807, 2.05) is 18.2 Å². The van der Waals surface area contributed by atoms with Crippen LogP contribution < -0.4 is 4.74 Å². The highest BCUT2D eigenvalue weighted by atomic mass is 32.2. The third kappa shape index (κ3) is 2.92. The van der Waals surface area contributed by atoms with Crippen molar-refractivity contribution in [2.45, 2.75) is 37.1 Å². The summed E-state index contributed by atoms with van der Waals surface area (Å²) in [7, 11) is -3.62. The molecule has 0 atom stereocenters. The van der Waals surface area contributed by atoms with Crippen molar-refractivity contribution in [1.29, 1.82) is 0 Å². The van der Waals surface area contributed by atoms with E-state index in [4.69, 9.17) is 18.4 Å². The third-order valence-corrected chi connectivity index (χ3v) is 5.26. The van der Waals surface area contributed by atoms with Gasteiger partial charge in [0.1, 0.15) is 11.4 Å². The van der Waals surface area contributed by atoms with Gasteiger partial charge in [-0.1, -0.05) is 12.1 Å². The van der Waals surface area contributed by atoms with Crippen LogP contribution in [0.5, 0.6) is 5.75 Å². The minimum atomic E-state index is -3.62. The zero-order chi connectivity index (χ0) is 16.8. The van der Waals surface area contributed by atoms with Gasteiger partial charge in [0, 0.05) is 18.9 Å². The van der Waals surface area contributed by atoms with Crippen molar-refractivity contribution in [2.75, 3.05) is 19.5 Å². The topological polar surface area (TPSA) is 71.1 Å². The molecule has 1 saturated carbocycles. The van der Waals surface area contributed by atoms with Crippen LogP contribution in [0.1, 0.15) is 31.2 Å². The Hall–Kier alpha value is -1.57. The van der Waals surface area contributed by atoms with E-state index in [2.05, 4.69) is 0 Å². The summed E-state index contributed by atoms with van der Waals surface area (Å²) in [6, 6.07) is 7.33. The lowest BCUT2D eigenvalue weighted by Crippen LogP contribution is -2.47. The normalized spacial score (nSPS) is 24.3. The first-order chi connectivity index (χ1) is 11.4. The molecule has 4 rings (SSSR count). The molecule has 6 nitrogen and oxygen atoms in total. The molecule has 130 valence electrons. The molecule has 0 radical (unpaired) electrons. The molecule has 2 spiro atoms. The first-order valence-electron chi connectivity index (χ1n) is 8.08. The second-order valence-corrected chi connectivity index (χ2v) is 8.14. The molecule has 3 aliphatic rings. The number of ether oxygens (including phenoxy) is 3. The van der Waals surface area contributed by atoms with E-state index in [-0.39, 0.29) is 0 Å². The highest BCUT2D eigenvalue weighted by molar-refractivity contribution is 7.86. The molecule has 0 bridgehead atoms.